The summed E-state index contributed by atoms with van der Waals surface area (Å²) >= 11 is 0. The molecule has 0 spiro atoms. The molecule has 1 aromatic carbocycles. The van der Waals surface area contributed by atoms with Gasteiger partial charge in [-0.3, -0.25) is 18.3 Å². The van der Waals surface area contributed by atoms with Gasteiger partial charge >= 0.3 is 11.5 Å². The van der Waals surface area contributed by atoms with Crippen molar-refractivity contribution in [1.82, 2.24) is 18.5 Å². The fourth-order valence-electron chi connectivity index (χ4n) is 2.86. The summed E-state index contributed by atoms with van der Waals surface area (Å²) in [6, 6.07) is 9.57. The van der Waals surface area contributed by atoms with Crippen LogP contribution < -0.4 is 11.2 Å². The molecule has 0 amide bonds. The van der Waals surface area contributed by atoms with Crippen LogP contribution in [0.3, 0.4) is 0 Å². The Kier molecular flexibility index (Phi) is 3.42. The lowest BCUT2D eigenvalue weighted by atomic mass is 10.2. The normalized spacial score (nSPS) is 11.9. The van der Waals surface area contributed by atoms with E-state index >= 15 is 0 Å². The highest BCUT2D eigenvalue weighted by Gasteiger charge is 2.19. The van der Waals surface area contributed by atoms with Gasteiger partial charge in [-0.1, -0.05) is 42.5 Å². The van der Waals surface area contributed by atoms with Crippen molar-refractivity contribution in [3.8, 4) is 11.3 Å². The average molecular weight is 336 g/mol. The zero-order chi connectivity index (χ0) is 17.6. The van der Waals surface area contributed by atoms with Crippen LogP contribution in [0.5, 0.6) is 0 Å². The van der Waals surface area contributed by atoms with Gasteiger partial charge in [0.25, 0.3) is 5.56 Å². The molecule has 0 atom stereocenters. The maximum absolute atomic E-state index is 12.8. The third kappa shape index (κ3) is 2.24. The van der Waals surface area contributed by atoms with Crippen molar-refractivity contribution < 1.29 is 4.42 Å². The molecule has 4 rings (SSSR count). The third-order valence-electron chi connectivity index (χ3n) is 4.17. The summed E-state index contributed by atoms with van der Waals surface area (Å²) in [5.74, 6) is 0.892. The molecule has 0 unspecified atom stereocenters. The van der Waals surface area contributed by atoms with Crippen molar-refractivity contribution in [2.45, 2.75) is 13.5 Å². The van der Waals surface area contributed by atoms with Gasteiger partial charge in [0.1, 0.15) is 0 Å². The lowest BCUT2D eigenvalue weighted by molar-refractivity contribution is 0.610. The molecule has 0 radical (unpaired) electrons. The van der Waals surface area contributed by atoms with Gasteiger partial charge in [-0.2, -0.15) is 4.98 Å². The Balaban J connectivity index is 2.04. The maximum atomic E-state index is 12.8. The van der Waals surface area contributed by atoms with E-state index in [2.05, 4.69) is 4.98 Å². The van der Waals surface area contributed by atoms with E-state index in [0.29, 0.717) is 16.9 Å². The van der Waals surface area contributed by atoms with Crippen molar-refractivity contribution in [1.29, 1.82) is 0 Å². The minimum atomic E-state index is -0.403. The van der Waals surface area contributed by atoms with Crippen molar-refractivity contribution in [2.24, 2.45) is 7.05 Å². The zero-order valence-corrected chi connectivity index (χ0v) is 13.8. The number of hydrogen-bond acceptors (Lipinski definition) is 4. The van der Waals surface area contributed by atoms with Crippen LogP contribution >= 0.6 is 0 Å². The Hall–Kier alpha value is -3.35. The Morgan fingerprint density at radius 3 is 2.68 bits per heavy atom. The molecule has 4 aromatic rings. The highest BCUT2D eigenvalue weighted by molar-refractivity contribution is 5.76. The number of oxazole rings is 1. The Morgan fingerprint density at radius 2 is 1.96 bits per heavy atom. The minimum Gasteiger partial charge on any atom is -0.423 e. The van der Waals surface area contributed by atoms with Crippen molar-refractivity contribution in [2.75, 3.05) is 0 Å². The van der Waals surface area contributed by atoms with E-state index in [0.717, 1.165) is 5.56 Å². The summed E-state index contributed by atoms with van der Waals surface area (Å²) in [7, 11) is 1.60. The SMILES string of the molecule is C/C=C/Cn1c(=O)c2c(nc3oc(-c4ccccc4)cn32)n(C)c1=O. The fourth-order valence-corrected chi connectivity index (χ4v) is 2.86. The van der Waals surface area contributed by atoms with Gasteiger partial charge in [0.2, 0.25) is 0 Å². The van der Waals surface area contributed by atoms with E-state index in [1.165, 1.54) is 9.13 Å². The number of rotatable bonds is 3. The van der Waals surface area contributed by atoms with E-state index < -0.39 is 5.69 Å². The zero-order valence-electron chi connectivity index (χ0n) is 13.8. The molecule has 25 heavy (non-hydrogen) atoms. The van der Waals surface area contributed by atoms with Gasteiger partial charge in [0.05, 0.1) is 6.20 Å². The Labute approximate surface area is 142 Å². The number of fused-ring (bicyclic) bond motifs is 3. The number of aromatic nitrogens is 4. The molecule has 7 heteroatoms. The van der Waals surface area contributed by atoms with Gasteiger partial charge in [-0.25, -0.2) is 4.79 Å². The van der Waals surface area contributed by atoms with Crippen molar-refractivity contribution in [3.05, 3.63) is 69.5 Å². The number of hydrogen-bond donors (Lipinski definition) is 0. The van der Waals surface area contributed by atoms with E-state index in [-0.39, 0.29) is 17.9 Å². The number of allylic oxidation sites excluding steroid dienone is 2. The van der Waals surface area contributed by atoms with Crippen LogP contribution in [0.2, 0.25) is 0 Å². The Bertz CT molecular complexity index is 1220. The highest BCUT2D eigenvalue weighted by Crippen LogP contribution is 2.24. The van der Waals surface area contributed by atoms with Crippen LogP contribution in [0.15, 0.2) is 62.7 Å². The van der Waals surface area contributed by atoms with E-state index in [4.69, 9.17) is 4.42 Å². The van der Waals surface area contributed by atoms with E-state index in [1.807, 2.05) is 37.3 Å². The first-order chi connectivity index (χ1) is 12.1. The second-order valence-corrected chi connectivity index (χ2v) is 5.72. The molecule has 3 aromatic heterocycles. The summed E-state index contributed by atoms with van der Waals surface area (Å²) in [5, 5.41) is 0. The summed E-state index contributed by atoms with van der Waals surface area (Å²) in [4.78, 5) is 29.6. The number of nitrogens with zero attached hydrogens (tertiary/aromatic N) is 4. The summed E-state index contributed by atoms with van der Waals surface area (Å²) in [6.07, 6.45) is 5.29. The maximum Gasteiger partial charge on any atom is 0.332 e. The molecule has 0 fully saturated rings. The summed E-state index contributed by atoms with van der Waals surface area (Å²) in [6.45, 7) is 2.06. The van der Waals surface area contributed by atoms with Gasteiger partial charge in [-0.05, 0) is 6.92 Å². The van der Waals surface area contributed by atoms with Gasteiger partial charge < -0.3 is 4.42 Å². The first-order valence-corrected chi connectivity index (χ1v) is 7.90. The van der Waals surface area contributed by atoms with Crippen molar-refractivity contribution >= 4 is 17.0 Å². The lowest BCUT2D eigenvalue weighted by Crippen LogP contribution is -2.39. The Morgan fingerprint density at radius 1 is 1.20 bits per heavy atom. The molecule has 0 aliphatic heterocycles. The van der Waals surface area contributed by atoms with Crippen LogP contribution in [-0.4, -0.2) is 18.5 Å². The molecule has 0 aliphatic carbocycles. The lowest BCUT2D eigenvalue weighted by Gasteiger charge is -2.05. The molecule has 7 nitrogen and oxygen atoms in total. The highest BCUT2D eigenvalue weighted by atomic mass is 16.4. The minimum absolute atomic E-state index is 0.217. The number of benzene rings is 1. The predicted octanol–water partition coefficient (Wildman–Crippen LogP) is 2.18. The molecule has 0 aliphatic rings. The molecule has 0 N–H and O–H groups in total. The molecule has 126 valence electrons. The molecular weight excluding hydrogens is 320 g/mol. The van der Waals surface area contributed by atoms with E-state index in [9.17, 15) is 9.59 Å². The van der Waals surface area contributed by atoms with E-state index in [1.54, 1.807) is 29.8 Å². The van der Waals surface area contributed by atoms with Crippen LogP contribution in [0.4, 0.5) is 0 Å². The second kappa shape index (κ2) is 5.62. The van der Waals surface area contributed by atoms with Gasteiger partial charge in [0, 0.05) is 19.2 Å². The molecule has 0 bridgehead atoms. The summed E-state index contributed by atoms with van der Waals surface area (Å²) < 4.78 is 9.94. The smallest absolute Gasteiger partial charge is 0.332 e. The number of aryl methyl sites for hydroxylation is 1. The third-order valence-corrected chi connectivity index (χ3v) is 4.17. The van der Waals surface area contributed by atoms with Gasteiger partial charge in [-0.15, -0.1) is 0 Å². The molecule has 3 heterocycles. The van der Waals surface area contributed by atoms with Gasteiger partial charge in [0.15, 0.2) is 16.9 Å². The number of imidazole rings is 1. The average Bonchev–Trinajstić information content (AvgIpc) is 3.18. The molecule has 0 saturated heterocycles. The van der Waals surface area contributed by atoms with Crippen LogP contribution in [0, 0.1) is 0 Å². The monoisotopic (exact) mass is 336 g/mol. The topological polar surface area (TPSA) is 74.4 Å². The first kappa shape index (κ1) is 15.2. The standard InChI is InChI=1S/C18H16N4O3/c1-3-4-10-21-16(23)14-15(20(2)18(21)24)19-17-22(14)11-13(25-17)12-8-6-5-7-9-12/h3-9,11H,10H2,1-2H3/b4-3+. The summed E-state index contributed by atoms with van der Waals surface area (Å²) in [5.41, 5.74) is 0.738. The molecule has 0 saturated carbocycles. The molecular formula is C18H16N4O3. The van der Waals surface area contributed by atoms with Crippen molar-refractivity contribution in [3.63, 3.8) is 0 Å². The quantitative estimate of drug-likeness (QED) is 0.538. The van der Waals surface area contributed by atoms with Crippen LogP contribution in [0.25, 0.3) is 28.3 Å². The van der Waals surface area contributed by atoms with Crippen LogP contribution in [0.1, 0.15) is 6.92 Å². The second-order valence-electron chi connectivity index (χ2n) is 5.72. The van der Waals surface area contributed by atoms with Crippen LogP contribution in [-0.2, 0) is 13.6 Å². The first-order valence-electron chi connectivity index (χ1n) is 7.90. The predicted molar refractivity (Wildman–Crippen MR) is 94.7 cm³/mol. The largest absolute Gasteiger partial charge is 0.423 e. The fraction of sp³-hybridized carbons (Fsp3) is 0.167.